The molecule has 2 heterocycles. The van der Waals surface area contributed by atoms with Gasteiger partial charge in [0.2, 0.25) is 41.4 Å². The number of aromatic nitrogens is 2. The van der Waals surface area contributed by atoms with Crippen LogP contribution in [0.25, 0.3) is 0 Å². The van der Waals surface area contributed by atoms with Gasteiger partial charge in [0, 0.05) is 64.1 Å². The molecule has 4 atom stereocenters. The molecule has 3 rings (SSSR count). The van der Waals surface area contributed by atoms with Crippen LogP contribution >= 0.6 is 0 Å². The van der Waals surface area contributed by atoms with Crippen LogP contribution in [-0.4, -0.2) is 111 Å². The number of carbonyl (C=O) groups is 8. The Morgan fingerprint density at radius 2 is 1.59 bits per heavy atom. The molecule has 0 radical (unpaired) electrons. The lowest BCUT2D eigenvalue weighted by Gasteiger charge is -2.30. The Labute approximate surface area is 294 Å². The predicted octanol–water partition coefficient (Wildman–Crippen LogP) is -1.98. The molecular formula is C33H45N9O9. The van der Waals surface area contributed by atoms with E-state index in [4.69, 9.17) is 10.8 Å². The zero-order valence-electron chi connectivity index (χ0n) is 28.3. The number of H-pyrrole nitrogens is 1. The third kappa shape index (κ3) is 13.6. The van der Waals surface area contributed by atoms with E-state index < -0.39 is 71.5 Å². The quantitative estimate of drug-likeness (QED) is 0.0750. The Hall–Kier alpha value is -5.81. The molecule has 276 valence electrons. The summed E-state index contributed by atoms with van der Waals surface area (Å²) in [4.78, 5) is 109. The molecule has 1 aromatic heterocycles. The van der Waals surface area contributed by atoms with Crippen LogP contribution in [0.1, 0.15) is 56.7 Å². The number of carboxylic acids is 1. The summed E-state index contributed by atoms with van der Waals surface area (Å²) in [7, 11) is 0. The summed E-state index contributed by atoms with van der Waals surface area (Å²) in [5.74, 6) is -5.18. The first-order valence-electron chi connectivity index (χ1n) is 16.6. The normalized spacial score (nSPS) is 15.5. The number of amides is 7. The molecule has 2 aromatic rings. The molecule has 51 heavy (non-hydrogen) atoms. The minimum absolute atomic E-state index is 0.0185. The van der Waals surface area contributed by atoms with Crippen LogP contribution in [0, 0.1) is 0 Å². The van der Waals surface area contributed by atoms with Crippen LogP contribution in [0.15, 0.2) is 42.9 Å². The van der Waals surface area contributed by atoms with E-state index in [0.29, 0.717) is 24.1 Å². The van der Waals surface area contributed by atoms with Crippen molar-refractivity contribution in [2.45, 2.75) is 82.5 Å². The average Bonchev–Trinajstić information content (AvgIpc) is 3.78. The molecule has 1 aliphatic rings. The maximum atomic E-state index is 14.1. The highest BCUT2D eigenvalue weighted by Gasteiger charge is 2.39. The van der Waals surface area contributed by atoms with Crippen molar-refractivity contribution in [3.8, 4) is 0 Å². The number of likely N-dealkylation sites (tertiary alicyclic amines) is 1. The smallest absolute Gasteiger partial charge is 0.305 e. The fraction of sp³-hybridized carbons (Fsp3) is 0.485. The standard InChI is InChI=1S/C33H45N9O9/c1-20(43)39-23(9-10-27(34)44)30(48)40-24(16-21-6-3-2-4-7-21)31(49)41-25(17-22-18-35-19-38-22)33(51)42-15-5-8-26(42)32(50)37-13-11-28(45)36-14-12-29(46)47/h2-4,6-7,18-19,23-26H,5,8-17H2,1H3,(H2,34,44)(H,35,38)(H,36,45)(H,37,50)(H,39,43)(H,40,48)(H,41,49)(H,46,47)/t23-,24+,25-,26+/m0/s1. The van der Waals surface area contributed by atoms with Gasteiger partial charge in [-0.15, -0.1) is 0 Å². The molecule has 0 bridgehead atoms. The Kier molecular flexibility index (Phi) is 15.5. The Bertz CT molecular complexity index is 1540. The summed E-state index contributed by atoms with van der Waals surface area (Å²) in [6, 6.07) is 4.36. The van der Waals surface area contributed by atoms with Gasteiger partial charge in [0.05, 0.1) is 12.7 Å². The van der Waals surface area contributed by atoms with Crippen molar-refractivity contribution in [2.24, 2.45) is 5.73 Å². The predicted molar refractivity (Wildman–Crippen MR) is 180 cm³/mol. The van der Waals surface area contributed by atoms with Crippen molar-refractivity contribution in [3.63, 3.8) is 0 Å². The highest BCUT2D eigenvalue weighted by Crippen LogP contribution is 2.20. The molecule has 0 aliphatic carbocycles. The lowest BCUT2D eigenvalue weighted by Crippen LogP contribution is -2.59. The van der Waals surface area contributed by atoms with Gasteiger partial charge in [0.1, 0.15) is 24.2 Å². The second-order valence-corrected chi connectivity index (χ2v) is 12.1. The van der Waals surface area contributed by atoms with Crippen molar-refractivity contribution in [3.05, 3.63) is 54.1 Å². The van der Waals surface area contributed by atoms with E-state index in [0.717, 1.165) is 0 Å². The zero-order chi connectivity index (χ0) is 37.3. The van der Waals surface area contributed by atoms with E-state index >= 15 is 0 Å². The summed E-state index contributed by atoms with van der Waals surface area (Å²) in [5, 5.41) is 21.7. The van der Waals surface area contributed by atoms with Crippen LogP contribution in [0.3, 0.4) is 0 Å². The molecule has 1 aromatic carbocycles. The van der Waals surface area contributed by atoms with Crippen molar-refractivity contribution in [2.75, 3.05) is 19.6 Å². The Morgan fingerprint density at radius 1 is 0.902 bits per heavy atom. The highest BCUT2D eigenvalue weighted by atomic mass is 16.4. The van der Waals surface area contributed by atoms with E-state index in [1.54, 1.807) is 30.3 Å². The summed E-state index contributed by atoms with van der Waals surface area (Å²) < 4.78 is 0. The summed E-state index contributed by atoms with van der Waals surface area (Å²) >= 11 is 0. The molecule has 18 heteroatoms. The van der Waals surface area contributed by atoms with Gasteiger partial charge in [-0.3, -0.25) is 38.4 Å². The second kappa shape index (κ2) is 20.0. The van der Waals surface area contributed by atoms with Gasteiger partial charge < -0.3 is 47.3 Å². The van der Waals surface area contributed by atoms with Gasteiger partial charge in [-0.05, 0) is 24.8 Å². The second-order valence-electron chi connectivity index (χ2n) is 12.1. The number of benzene rings is 1. The van der Waals surface area contributed by atoms with E-state index in [1.807, 2.05) is 0 Å². The summed E-state index contributed by atoms with van der Waals surface area (Å²) in [6.45, 7) is 1.35. The Balaban J connectivity index is 1.77. The van der Waals surface area contributed by atoms with Crippen LogP contribution in [0.2, 0.25) is 0 Å². The van der Waals surface area contributed by atoms with E-state index in [9.17, 15) is 38.4 Å². The van der Waals surface area contributed by atoms with Crippen LogP contribution < -0.4 is 32.3 Å². The molecule has 1 saturated heterocycles. The number of hydrogen-bond acceptors (Lipinski definition) is 9. The first-order chi connectivity index (χ1) is 24.3. The fourth-order valence-corrected chi connectivity index (χ4v) is 5.54. The first kappa shape index (κ1) is 39.6. The number of nitrogens with zero attached hydrogens (tertiary/aromatic N) is 2. The van der Waals surface area contributed by atoms with Crippen LogP contribution in [0.4, 0.5) is 0 Å². The van der Waals surface area contributed by atoms with Crippen molar-refractivity contribution in [1.29, 1.82) is 0 Å². The van der Waals surface area contributed by atoms with Crippen LogP contribution in [0.5, 0.6) is 0 Å². The van der Waals surface area contributed by atoms with Gasteiger partial charge in [-0.25, -0.2) is 4.98 Å². The van der Waals surface area contributed by atoms with Crippen molar-refractivity contribution in [1.82, 2.24) is 41.5 Å². The minimum atomic E-state index is -1.22. The maximum Gasteiger partial charge on any atom is 0.305 e. The highest BCUT2D eigenvalue weighted by molar-refractivity contribution is 5.96. The molecule has 1 aliphatic heterocycles. The number of aliphatic carboxylic acids is 1. The Morgan fingerprint density at radius 3 is 2.24 bits per heavy atom. The van der Waals surface area contributed by atoms with Crippen molar-refractivity contribution >= 4 is 47.3 Å². The molecule has 18 nitrogen and oxygen atoms in total. The largest absolute Gasteiger partial charge is 0.481 e. The van der Waals surface area contributed by atoms with E-state index in [-0.39, 0.29) is 58.2 Å². The number of nitrogens with one attached hydrogen (secondary N) is 6. The average molecular weight is 712 g/mol. The monoisotopic (exact) mass is 711 g/mol. The SMILES string of the molecule is CC(=O)N[C@@H](CCC(N)=O)C(=O)N[C@H](Cc1ccccc1)C(=O)N[C@@H](Cc1cnc[nH]1)C(=O)N1CCC[C@@H]1C(=O)NCCC(=O)NCCC(=O)O. The molecule has 1 fully saturated rings. The van der Waals surface area contributed by atoms with Gasteiger partial charge in [-0.2, -0.15) is 0 Å². The van der Waals surface area contributed by atoms with E-state index in [1.165, 1.54) is 24.3 Å². The lowest BCUT2D eigenvalue weighted by molar-refractivity contribution is -0.142. The van der Waals surface area contributed by atoms with Crippen LogP contribution in [-0.2, 0) is 51.2 Å². The lowest BCUT2D eigenvalue weighted by atomic mass is 10.0. The molecule has 9 N–H and O–H groups in total. The van der Waals surface area contributed by atoms with Gasteiger partial charge in [0.25, 0.3) is 0 Å². The number of primary amides is 1. The summed E-state index contributed by atoms with van der Waals surface area (Å²) in [6.07, 6.45) is 3.12. The summed E-state index contributed by atoms with van der Waals surface area (Å²) in [5.41, 5.74) is 6.46. The molecule has 7 amide bonds. The number of rotatable bonds is 20. The zero-order valence-corrected chi connectivity index (χ0v) is 28.3. The number of carbonyl (C=O) groups excluding carboxylic acids is 7. The molecule has 0 unspecified atom stereocenters. The minimum Gasteiger partial charge on any atom is -0.481 e. The third-order valence-corrected chi connectivity index (χ3v) is 8.03. The molecular weight excluding hydrogens is 666 g/mol. The van der Waals surface area contributed by atoms with Crippen molar-refractivity contribution < 1.29 is 43.5 Å². The number of imidazole rings is 1. The van der Waals surface area contributed by atoms with Gasteiger partial charge in [0.15, 0.2) is 0 Å². The van der Waals surface area contributed by atoms with Gasteiger partial charge >= 0.3 is 5.97 Å². The molecule has 0 spiro atoms. The maximum absolute atomic E-state index is 14.1. The topological polar surface area (TPSA) is 275 Å². The molecule has 0 saturated carbocycles. The van der Waals surface area contributed by atoms with E-state index in [2.05, 4.69) is 36.6 Å². The third-order valence-electron chi connectivity index (χ3n) is 8.03. The number of nitrogens with two attached hydrogens (primary N) is 1. The van der Waals surface area contributed by atoms with Gasteiger partial charge in [-0.1, -0.05) is 30.3 Å². The number of carboxylic acid groups (broad SMARTS) is 1. The number of hydrogen-bond donors (Lipinski definition) is 8. The number of aromatic amines is 1. The fourth-order valence-electron chi connectivity index (χ4n) is 5.54. The first-order valence-corrected chi connectivity index (χ1v) is 16.6.